The number of ether oxygens (including phenoxy) is 2. The summed E-state index contributed by atoms with van der Waals surface area (Å²) in [6.45, 7) is 3.26. The van der Waals surface area contributed by atoms with Crippen molar-refractivity contribution in [1.29, 1.82) is 0 Å². The number of piperidine rings is 1. The Balaban J connectivity index is 1.37. The molecule has 182 valence electrons. The molecule has 2 amide bonds. The molecule has 2 saturated heterocycles. The summed E-state index contributed by atoms with van der Waals surface area (Å²) in [6.07, 6.45) is 6.13. The van der Waals surface area contributed by atoms with Crippen LogP contribution in [0.2, 0.25) is 5.02 Å². The predicted octanol–water partition coefficient (Wildman–Crippen LogP) is 3.82. The van der Waals surface area contributed by atoms with Gasteiger partial charge in [0.2, 0.25) is 0 Å². The summed E-state index contributed by atoms with van der Waals surface area (Å²) in [5.41, 5.74) is 2.37. The van der Waals surface area contributed by atoms with Crippen molar-refractivity contribution in [2.75, 3.05) is 13.2 Å². The van der Waals surface area contributed by atoms with Gasteiger partial charge in [0.25, 0.3) is 5.91 Å². The van der Waals surface area contributed by atoms with E-state index >= 15 is 0 Å². The van der Waals surface area contributed by atoms with Crippen molar-refractivity contribution in [2.24, 2.45) is 7.05 Å². The number of nitrogens with zero attached hydrogens (tertiary/aromatic N) is 4. The average Bonchev–Trinajstić information content (AvgIpc) is 3.40. The van der Waals surface area contributed by atoms with Gasteiger partial charge in [-0.3, -0.25) is 19.4 Å². The van der Waals surface area contributed by atoms with Gasteiger partial charge >= 0.3 is 6.09 Å². The highest BCUT2D eigenvalue weighted by atomic mass is 35.5. The summed E-state index contributed by atoms with van der Waals surface area (Å²) in [5, 5.41) is 7.79. The van der Waals surface area contributed by atoms with E-state index in [1.54, 1.807) is 40.2 Å². The van der Waals surface area contributed by atoms with Gasteiger partial charge in [-0.25, -0.2) is 4.79 Å². The maximum Gasteiger partial charge on any atom is 0.410 e. The van der Waals surface area contributed by atoms with Crippen molar-refractivity contribution in [3.8, 4) is 16.9 Å². The number of pyridine rings is 1. The van der Waals surface area contributed by atoms with Crippen LogP contribution in [0.15, 0.2) is 48.9 Å². The summed E-state index contributed by atoms with van der Waals surface area (Å²) in [4.78, 5) is 31.1. The lowest BCUT2D eigenvalue weighted by molar-refractivity contribution is 0.0468. The molecular formula is C25H26ClN5O4. The second-order valence-corrected chi connectivity index (χ2v) is 9.65. The molecule has 3 aromatic rings. The van der Waals surface area contributed by atoms with Crippen molar-refractivity contribution in [2.45, 2.75) is 38.0 Å². The molecule has 5 rings (SSSR count). The number of rotatable bonds is 6. The van der Waals surface area contributed by atoms with Crippen LogP contribution in [0, 0.1) is 0 Å². The first-order valence-electron chi connectivity index (χ1n) is 11.4. The van der Waals surface area contributed by atoms with Gasteiger partial charge in [0.15, 0.2) is 0 Å². The highest BCUT2D eigenvalue weighted by Crippen LogP contribution is 2.37. The minimum Gasteiger partial charge on any atom is -0.489 e. The first-order chi connectivity index (χ1) is 16.8. The van der Waals surface area contributed by atoms with Gasteiger partial charge in [0, 0.05) is 67.6 Å². The van der Waals surface area contributed by atoms with Crippen molar-refractivity contribution in [1.82, 2.24) is 25.0 Å². The number of nitrogens with one attached hydrogen (secondary N) is 1. The van der Waals surface area contributed by atoms with E-state index in [-0.39, 0.29) is 23.8 Å². The molecule has 1 N–H and O–H groups in total. The fourth-order valence-electron chi connectivity index (χ4n) is 4.58. The number of hydrogen-bond acceptors (Lipinski definition) is 6. The summed E-state index contributed by atoms with van der Waals surface area (Å²) in [5.74, 6) is 0.246. The van der Waals surface area contributed by atoms with Gasteiger partial charge < -0.3 is 14.8 Å². The first kappa shape index (κ1) is 23.2. The number of halogens is 1. The molecule has 0 spiro atoms. The molecule has 4 heterocycles. The molecule has 2 aliphatic heterocycles. The van der Waals surface area contributed by atoms with Crippen LogP contribution in [0.5, 0.6) is 5.75 Å². The standard InChI is InChI=1S/C25H26ClN5O4/c1-25-10-19(7-8-31(25)24(33)34-15-25)35-22-9-21(27-13-20(22)17-12-29-30(2)14-17)23(32)28-11-16-3-5-18(26)6-4-16/h3-6,9,12-14,19H,7-8,10-11,15H2,1-2H3,(H,28,32). The monoisotopic (exact) mass is 495 g/mol. The normalized spacial score (nSPS) is 21.4. The Morgan fingerprint density at radius 1 is 1.31 bits per heavy atom. The number of carbonyl (C=O) groups excluding carboxylic acids is 2. The largest absolute Gasteiger partial charge is 0.489 e. The molecule has 10 heteroatoms. The van der Waals surface area contributed by atoms with Crippen molar-refractivity contribution in [3.63, 3.8) is 0 Å². The van der Waals surface area contributed by atoms with Gasteiger partial charge in [0.05, 0.1) is 11.7 Å². The molecule has 2 atom stereocenters. The van der Waals surface area contributed by atoms with Gasteiger partial charge in [-0.15, -0.1) is 0 Å². The Morgan fingerprint density at radius 3 is 2.86 bits per heavy atom. The molecule has 2 aromatic heterocycles. The summed E-state index contributed by atoms with van der Waals surface area (Å²) in [6, 6.07) is 8.96. The number of carbonyl (C=O) groups is 2. The molecule has 9 nitrogen and oxygen atoms in total. The number of aryl methyl sites for hydroxylation is 1. The van der Waals surface area contributed by atoms with Crippen LogP contribution < -0.4 is 10.1 Å². The van der Waals surface area contributed by atoms with Crippen LogP contribution in [-0.2, 0) is 18.3 Å². The predicted molar refractivity (Wildman–Crippen MR) is 129 cm³/mol. The lowest BCUT2D eigenvalue weighted by Crippen LogP contribution is -2.53. The number of fused-ring (bicyclic) bond motifs is 1. The van der Waals surface area contributed by atoms with E-state index < -0.39 is 5.54 Å². The maximum absolute atomic E-state index is 12.9. The zero-order chi connectivity index (χ0) is 24.6. The van der Waals surface area contributed by atoms with Crippen LogP contribution in [0.3, 0.4) is 0 Å². The topological polar surface area (TPSA) is 98.6 Å². The Kier molecular flexibility index (Phi) is 6.10. The lowest BCUT2D eigenvalue weighted by Gasteiger charge is -2.40. The third kappa shape index (κ3) is 4.81. The van der Waals surface area contributed by atoms with Crippen LogP contribution in [0.1, 0.15) is 35.8 Å². The molecule has 0 bridgehead atoms. The molecule has 0 saturated carbocycles. The maximum atomic E-state index is 12.9. The van der Waals surface area contributed by atoms with Crippen LogP contribution in [0.4, 0.5) is 4.79 Å². The molecular weight excluding hydrogens is 470 g/mol. The zero-order valence-corrected chi connectivity index (χ0v) is 20.3. The highest BCUT2D eigenvalue weighted by molar-refractivity contribution is 6.30. The number of benzene rings is 1. The zero-order valence-electron chi connectivity index (χ0n) is 19.5. The smallest absolute Gasteiger partial charge is 0.410 e. The van der Waals surface area contributed by atoms with E-state index in [0.717, 1.165) is 16.7 Å². The molecule has 0 aliphatic carbocycles. The average molecular weight is 496 g/mol. The number of aromatic nitrogens is 3. The fraction of sp³-hybridized carbons (Fsp3) is 0.360. The third-order valence-corrected chi connectivity index (χ3v) is 6.75. The quantitative estimate of drug-likeness (QED) is 0.558. The Morgan fingerprint density at radius 2 is 2.11 bits per heavy atom. The van der Waals surface area contributed by atoms with Crippen LogP contribution >= 0.6 is 11.6 Å². The molecule has 0 radical (unpaired) electrons. The lowest BCUT2D eigenvalue weighted by atomic mass is 9.88. The fourth-order valence-corrected chi connectivity index (χ4v) is 4.71. The van der Waals surface area contributed by atoms with E-state index in [4.69, 9.17) is 21.1 Å². The first-order valence-corrected chi connectivity index (χ1v) is 11.8. The number of cyclic esters (lactones) is 1. The van der Waals surface area contributed by atoms with Crippen molar-refractivity contribution < 1.29 is 19.1 Å². The Labute approximate surface area is 208 Å². The van der Waals surface area contributed by atoms with E-state index in [0.29, 0.717) is 43.3 Å². The van der Waals surface area contributed by atoms with Gasteiger partial charge in [0.1, 0.15) is 24.2 Å². The van der Waals surface area contributed by atoms with E-state index in [1.165, 1.54) is 0 Å². The minimum atomic E-state index is -0.402. The second kappa shape index (κ2) is 9.22. The number of hydrogen-bond donors (Lipinski definition) is 1. The van der Waals surface area contributed by atoms with Crippen LogP contribution in [0.25, 0.3) is 11.1 Å². The van der Waals surface area contributed by atoms with Gasteiger partial charge in [-0.1, -0.05) is 23.7 Å². The highest BCUT2D eigenvalue weighted by Gasteiger charge is 2.48. The van der Waals surface area contributed by atoms with Crippen molar-refractivity contribution in [3.05, 3.63) is 65.2 Å². The Bertz CT molecular complexity index is 1260. The minimum absolute atomic E-state index is 0.145. The van der Waals surface area contributed by atoms with E-state index in [2.05, 4.69) is 15.4 Å². The van der Waals surface area contributed by atoms with E-state index in [1.807, 2.05) is 32.3 Å². The van der Waals surface area contributed by atoms with Crippen LogP contribution in [-0.4, -0.2) is 56.5 Å². The molecule has 2 aliphatic rings. The molecule has 2 fully saturated rings. The summed E-state index contributed by atoms with van der Waals surface area (Å²) in [7, 11) is 1.84. The molecule has 35 heavy (non-hydrogen) atoms. The third-order valence-electron chi connectivity index (χ3n) is 6.50. The summed E-state index contributed by atoms with van der Waals surface area (Å²) < 4.78 is 13.4. The summed E-state index contributed by atoms with van der Waals surface area (Å²) >= 11 is 5.94. The van der Waals surface area contributed by atoms with E-state index in [9.17, 15) is 9.59 Å². The van der Waals surface area contributed by atoms with Crippen molar-refractivity contribution >= 4 is 23.6 Å². The molecule has 1 aromatic carbocycles. The van der Waals surface area contributed by atoms with Gasteiger partial charge in [-0.2, -0.15) is 5.10 Å². The van der Waals surface area contributed by atoms with Gasteiger partial charge in [-0.05, 0) is 24.6 Å². The SMILES string of the molecule is Cn1cc(-c2cnc(C(=O)NCc3ccc(Cl)cc3)cc2OC2CCN3C(=O)OCC3(C)C2)cn1. The molecule has 2 unspecified atom stereocenters. The number of amides is 2. The Hall–Kier alpha value is -3.59. The second-order valence-electron chi connectivity index (χ2n) is 9.21.